The standard InChI is InChI=1S/C29H27ClN2O5S/c1-4-5-16-37-29(35)19-7-11-21(12-8-19)32-27(33)25(31-23-17-18(2)6-15-24(23)36-3)26(28(32)34)38-22-13-9-20(30)10-14-22/h6-15,17,31H,4-5,16H2,1-3H3. The molecule has 3 aromatic carbocycles. The number of methoxy groups -OCH3 is 1. The third-order valence-corrected chi connectivity index (χ3v) is 7.12. The van der Waals surface area contributed by atoms with Crippen LogP contribution in [0.2, 0.25) is 5.02 Å². The normalized spacial score (nSPS) is 13.2. The molecule has 0 spiro atoms. The molecule has 0 unspecified atom stereocenters. The van der Waals surface area contributed by atoms with Gasteiger partial charge in [-0.15, -0.1) is 0 Å². The first-order valence-corrected chi connectivity index (χ1v) is 13.3. The predicted molar refractivity (Wildman–Crippen MR) is 150 cm³/mol. The lowest BCUT2D eigenvalue weighted by molar-refractivity contribution is -0.120. The van der Waals surface area contributed by atoms with Crippen molar-refractivity contribution < 1.29 is 23.9 Å². The van der Waals surface area contributed by atoms with Gasteiger partial charge in [0, 0.05) is 9.92 Å². The number of carbonyl (C=O) groups is 3. The molecule has 0 atom stereocenters. The number of amides is 2. The summed E-state index contributed by atoms with van der Waals surface area (Å²) in [5.74, 6) is -0.922. The van der Waals surface area contributed by atoms with Crippen molar-refractivity contribution in [2.45, 2.75) is 31.6 Å². The number of carbonyl (C=O) groups excluding carboxylic acids is 3. The first kappa shape index (κ1) is 27.3. The molecule has 1 aliphatic heterocycles. The van der Waals surface area contributed by atoms with Crippen LogP contribution in [0.25, 0.3) is 0 Å². The molecule has 0 radical (unpaired) electrons. The number of unbranched alkanes of at least 4 members (excludes halogenated alkanes) is 1. The van der Waals surface area contributed by atoms with E-state index in [4.69, 9.17) is 21.1 Å². The van der Waals surface area contributed by atoms with E-state index in [0.717, 1.165) is 28.2 Å². The molecule has 3 aromatic rings. The average Bonchev–Trinajstić information content (AvgIpc) is 3.14. The zero-order valence-electron chi connectivity index (χ0n) is 21.2. The smallest absolute Gasteiger partial charge is 0.338 e. The first-order chi connectivity index (χ1) is 18.3. The third-order valence-electron chi connectivity index (χ3n) is 5.78. The summed E-state index contributed by atoms with van der Waals surface area (Å²) >= 11 is 7.19. The van der Waals surface area contributed by atoms with E-state index >= 15 is 0 Å². The van der Waals surface area contributed by atoms with E-state index < -0.39 is 17.8 Å². The van der Waals surface area contributed by atoms with Crippen molar-refractivity contribution in [1.29, 1.82) is 0 Å². The van der Waals surface area contributed by atoms with Crippen LogP contribution in [0.1, 0.15) is 35.7 Å². The lowest BCUT2D eigenvalue weighted by atomic mass is 10.2. The molecule has 4 rings (SSSR count). The van der Waals surface area contributed by atoms with Crippen LogP contribution in [0.3, 0.4) is 0 Å². The van der Waals surface area contributed by atoms with Gasteiger partial charge in [0.25, 0.3) is 11.8 Å². The number of ether oxygens (including phenoxy) is 2. The Hall–Kier alpha value is -3.75. The van der Waals surface area contributed by atoms with Crippen molar-refractivity contribution in [1.82, 2.24) is 0 Å². The van der Waals surface area contributed by atoms with Crippen molar-refractivity contribution in [3.05, 3.63) is 93.5 Å². The Morgan fingerprint density at radius 1 is 1.00 bits per heavy atom. The Balaban J connectivity index is 1.67. The largest absolute Gasteiger partial charge is 0.495 e. The zero-order valence-corrected chi connectivity index (χ0v) is 22.8. The molecule has 2 amide bonds. The van der Waals surface area contributed by atoms with Gasteiger partial charge >= 0.3 is 5.97 Å². The number of benzene rings is 3. The van der Waals surface area contributed by atoms with E-state index in [-0.39, 0.29) is 10.6 Å². The highest BCUT2D eigenvalue weighted by molar-refractivity contribution is 8.04. The summed E-state index contributed by atoms with van der Waals surface area (Å²) < 4.78 is 10.7. The van der Waals surface area contributed by atoms with Crippen molar-refractivity contribution in [2.75, 3.05) is 23.9 Å². The van der Waals surface area contributed by atoms with Crippen LogP contribution < -0.4 is 15.0 Å². The van der Waals surface area contributed by atoms with E-state index in [0.29, 0.717) is 34.3 Å². The van der Waals surface area contributed by atoms with Crippen LogP contribution >= 0.6 is 23.4 Å². The van der Waals surface area contributed by atoms with Crippen molar-refractivity contribution in [2.24, 2.45) is 0 Å². The summed E-state index contributed by atoms with van der Waals surface area (Å²) in [6.07, 6.45) is 1.70. The summed E-state index contributed by atoms with van der Waals surface area (Å²) in [7, 11) is 1.54. The molecule has 196 valence electrons. The molecule has 0 bridgehead atoms. The molecule has 1 aliphatic rings. The Morgan fingerprint density at radius 3 is 2.37 bits per heavy atom. The Labute approximate surface area is 230 Å². The molecule has 9 heteroatoms. The van der Waals surface area contributed by atoms with Crippen molar-refractivity contribution >= 4 is 52.5 Å². The van der Waals surface area contributed by atoms with Gasteiger partial charge < -0.3 is 14.8 Å². The summed E-state index contributed by atoms with van der Waals surface area (Å²) in [5.41, 5.74) is 2.32. The number of nitrogens with zero attached hydrogens (tertiary/aromatic N) is 1. The number of nitrogens with one attached hydrogen (secondary N) is 1. The van der Waals surface area contributed by atoms with Gasteiger partial charge in [-0.1, -0.05) is 42.8 Å². The minimum atomic E-state index is -0.520. The molecule has 1 N–H and O–H groups in total. The third kappa shape index (κ3) is 6.03. The minimum Gasteiger partial charge on any atom is -0.495 e. The van der Waals surface area contributed by atoms with E-state index in [1.54, 1.807) is 54.6 Å². The summed E-state index contributed by atoms with van der Waals surface area (Å²) in [5, 5.41) is 3.71. The maximum absolute atomic E-state index is 13.7. The number of anilines is 2. The highest BCUT2D eigenvalue weighted by atomic mass is 35.5. The number of imide groups is 1. The summed E-state index contributed by atoms with van der Waals surface area (Å²) in [6, 6.07) is 18.8. The zero-order chi connectivity index (χ0) is 27.2. The molecule has 0 aliphatic carbocycles. The lowest BCUT2D eigenvalue weighted by Crippen LogP contribution is -2.32. The van der Waals surface area contributed by atoms with Crippen molar-refractivity contribution in [3.8, 4) is 5.75 Å². The molecule has 0 aromatic heterocycles. The van der Waals surface area contributed by atoms with Gasteiger partial charge in [-0.3, -0.25) is 9.59 Å². The SMILES string of the molecule is CCCCOC(=O)c1ccc(N2C(=O)C(Nc3cc(C)ccc3OC)=C(Sc3ccc(Cl)cc3)C2=O)cc1. The molecular formula is C29H27ClN2O5S. The monoisotopic (exact) mass is 550 g/mol. The van der Waals surface area contributed by atoms with E-state index in [9.17, 15) is 14.4 Å². The van der Waals surface area contributed by atoms with E-state index in [1.165, 1.54) is 18.9 Å². The number of halogens is 1. The summed E-state index contributed by atoms with van der Waals surface area (Å²) in [4.78, 5) is 41.7. The maximum atomic E-state index is 13.7. The second-order valence-electron chi connectivity index (χ2n) is 8.57. The van der Waals surface area contributed by atoms with Gasteiger partial charge in [0.15, 0.2) is 0 Å². The van der Waals surface area contributed by atoms with Crippen LogP contribution in [-0.4, -0.2) is 31.5 Å². The number of hydrogen-bond donors (Lipinski definition) is 1. The number of aryl methyl sites for hydroxylation is 1. The van der Waals surface area contributed by atoms with Gasteiger partial charge in [-0.25, -0.2) is 9.69 Å². The van der Waals surface area contributed by atoms with Crippen LogP contribution in [0.5, 0.6) is 5.75 Å². The van der Waals surface area contributed by atoms with Gasteiger partial charge in [0.1, 0.15) is 16.4 Å². The molecule has 38 heavy (non-hydrogen) atoms. The Bertz CT molecular complexity index is 1390. The average molecular weight is 551 g/mol. The van der Waals surface area contributed by atoms with Crippen molar-refractivity contribution in [3.63, 3.8) is 0 Å². The molecule has 0 fully saturated rings. The first-order valence-electron chi connectivity index (χ1n) is 12.1. The Kier molecular flexibility index (Phi) is 8.76. The van der Waals surface area contributed by atoms with Gasteiger partial charge in [-0.2, -0.15) is 0 Å². The van der Waals surface area contributed by atoms with Gasteiger partial charge in [-0.05, 0) is 79.6 Å². The van der Waals surface area contributed by atoms with Crippen LogP contribution in [-0.2, 0) is 14.3 Å². The topological polar surface area (TPSA) is 84.9 Å². The molecule has 0 saturated heterocycles. The number of rotatable bonds is 10. The Morgan fingerprint density at radius 2 is 1.71 bits per heavy atom. The molecule has 0 saturated carbocycles. The fourth-order valence-corrected chi connectivity index (χ4v) is 4.82. The quantitative estimate of drug-likeness (QED) is 0.173. The van der Waals surface area contributed by atoms with Crippen LogP contribution in [0.4, 0.5) is 11.4 Å². The molecule has 7 nitrogen and oxygen atoms in total. The minimum absolute atomic E-state index is 0.127. The van der Waals surface area contributed by atoms with E-state index in [2.05, 4.69) is 5.32 Å². The number of hydrogen-bond acceptors (Lipinski definition) is 7. The van der Waals surface area contributed by atoms with Gasteiger partial charge in [0.2, 0.25) is 0 Å². The summed E-state index contributed by atoms with van der Waals surface area (Å²) in [6.45, 7) is 4.27. The van der Waals surface area contributed by atoms with Crippen LogP contribution in [0.15, 0.2) is 82.2 Å². The fourth-order valence-electron chi connectivity index (χ4n) is 3.76. The molecular weight excluding hydrogens is 524 g/mol. The number of thioether (sulfide) groups is 1. The van der Waals surface area contributed by atoms with E-state index in [1.807, 2.05) is 26.0 Å². The lowest BCUT2D eigenvalue weighted by Gasteiger charge is -2.16. The van der Waals surface area contributed by atoms with Crippen LogP contribution in [0, 0.1) is 6.92 Å². The second-order valence-corrected chi connectivity index (χ2v) is 10.1. The highest BCUT2D eigenvalue weighted by Gasteiger charge is 2.40. The van der Waals surface area contributed by atoms with Gasteiger partial charge in [0.05, 0.1) is 30.7 Å². The fraction of sp³-hybridized carbons (Fsp3) is 0.207. The maximum Gasteiger partial charge on any atom is 0.338 e. The highest BCUT2D eigenvalue weighted by Crippen LogP contribution is 2.39. The molecule has 1 heterocycles. The second kappa shape index (κ2) is 12.2. The predicted octanol–water partition coefficient (Wildman–Crippen LogP) is 6.60. The number of esters is 1.